The molecule has 1 aliphatic heterocycles. The SMILES string of the molecule is COc1ccc2nc(N(CC3CCCO3)C(=O)Cc3ccc(SC)cc3)sc2c1. The number of thiazole rings is 1. The number of ether oxygens (including phenoxy) is 2. The molecule has 1 aliphatic rings. The van der Waals surface area contributed by atoms with Crippen molar-refractivity contribution in [2.24, 2.45) is 0 Å². The molecule has 0 aliphatic carbocycles. The normalized spacial score (nSPS) is 16.3. The molecule has 0 N–H and O–H groups in total. The van der Waals surface area contributed by atoms with Gasteiger partial charge in [0.2, 0.25) is 5.91 Å². The average molecular weight is 429 g/mol. The fraction of sp³-hybridized carbons (Fsp3) is 0.364. The second kappa shape index (κ2) is 9.15. The third-order valence-corrected chi connectivity index (χ3v) is 6.83. The maximum atomic E-state index is 13.3. The molecule has 1 fully saturated rings. The summed E-state index contributed by atoms with van der Waals surface area (Å²) in [5.41, 5.74) is 1.88. The summed E-state index contributed by atoms with van der Waals surface area (Å²) >= 11 is 3.21. The van der Waals surface area contributed by atoms with Gasteiger partial charge in [0.05, 0.1) is 36.4 Å². The van der Waals surface area contributed by atoms with Crippen LogP contribution in [0.2, 0.25) is 0 Å². The van der Waals surface area contributed by atoms with E-state index < -0.39 is 0 Å². The van der Waals surface area contributed by atoms with Gasteiger partial charge in [0.15, 0.2) is 5.13 Å². The van der Waals surface area contributed by atoms with Crippen molar-refractivity contribution in [3.63, 3.8) is 0 Å². The number of carbonyl (C=O) groups excluding carboxylic acids is 1. The summed E-state index contributed by atoms with van der Waals surface area (Å²) in [5.74, 6) is 0.835. The molecule has 3 aromatic rings. The van der Waals surface area contributed by atoms with Crippen molar-refractivity contribution in [1.82, 2.24) is 4.98 Å². The quantitative estimate of drug-likeness (QED) is 0.507. The first kappa shape index (κ1) is 20.2. The van der Waals surface area contributed by atoms with Crippen LogP contribution in [0.3, 0.4) is 0 Å². The molecule has 152 valence electrons. The minimum Gasteiger partial charge on any atom is -0.497 e. The molecule has 2 aromatic carbocycles. The van der Waals surface area contributed by atoms with E-state index in [0.717, 1.165) is 46.1 Å². The molecule has 5 nitrogen and oxygen atoms in total. The van der Waals surface area contributed by atoms with E-state index in [1.165, 1.54) is 16.2 Å². The first-order valence-corrected chi connectivity index (χ1v) is 11.7. The Balaban J connectivity index is 1.60. The van der Waals surface area contributed by atoms with E-state index in [0.29, 0.717) is 13.0 Å². The van der Waals surface area contributed by atoms with Crippen LogP contribution >= 0.6 is 23.1 Å². The minimum atomic E-state index is 0.0448. The molecule has 1 unspecified atom stereocenters. The van der Waals surface area contributed by atoms with Gasteiger partial charge in [0.25, 0.3) is 0 Å². The van der Waals surface area contributed by atoms with E-state index >= 15 is 0 Å². The van der Waals surface area contributed by atoms with Gasteiger partial charge in [-0.2, -0.15) is 0 Å². The van der Waals surface area contributed by atoms with E-state index in [2.05, 4.69) is 12.1 Å². The molecule has 1 amide bonds. The van der Waals surface area contributed by atoms with Crippen LogP contribution in [-0.4, -0.2) is 43.5 Å². The van der Waals surface area contributed by atoms with Crippen molar-refractivity contribution in [2.75, 3.05) is 31.4 Å². The van der Waals surface area contributed by atoms with Crippen LogP contribution in [0.4, 0.5) is 5.13 Å². The van der Waals surface area contributed by atoms with Crippen molar-refractivity contribution in [3.05, 3.63) is 48.0 Å². The maximum Gasteiger partial charge on any atom is 0.233 e. The van der Waals surface area contributed by atoms with Crippen LogP contribution in [0, 0.1) is 0 Å². The predicted molar refractivity (Wildman–Crippen MR) is 119 cm³/mol. The van der Waals surface area contributed by atoms with Crippen molar-refractivity contribution in [3.8, 4) is 5.75 Å². The molecule has 7 heteroatoms. The van der Waals surface area contributed by atoms with E-state index in [9.17, 15) is 4.79 Å². The van der Waals surface area contributed by atoms with Gasteiger partial charge in [-0.15, -0.1) is 11.8 Å². The number of fused-ring (bicyclic) bond motifs is 1. The highest BCUT2D eigenvalue weighted by Crippen LogP contribution is 2.32. The van der Waals surface area contributed by atoms with Crippen molar-refractivity contribution >= 4 is 44.4 Å². The third kappa shape index (κ3) is 4.74. The van der Waals surface area contributed by atoms with Crippen LogP contribution in [0.25, 0.3) is 10.2 Å². The van der Waals surface area contributed by atoms with E-state index in [1.807, 2.05) is 36.6 Å². The number of benzene rings is 2. The second-order valence-electron chi connectivity index (χ2n) is 6.99. The zero-order valence-electron chi connectivity index (χ0n) is 16.6. The largest absolute Gasteiger partial charge is 0.497 e. The number of amides is 1. The standard InChI is InChI=1S/C22H24N2O3S2/c1-26-16-7-10-19-20(13-16)29-22(23-19)24(14-17-4-3-11-27-17)21(25)12-15-5-8-18(28-2)9-6-15/h5-10,13,17H,3-4,11-12,14H2,1-2H3. The smallest absolute Gasteiger partial charge is 0.233 e. The lowest BCUT2D eigenvalue weighted by Gasteiger charge is -2.23. The topological polar surface area (TPSA) is 51.7 Å². The van der Waals surface area contributed by atoms with Gasteiger partial charge in [-0.25, -0.2) is 4.98 Å². The fourth-order valence-corrected chi connectivity index (χ4v) is 4.86. The summed E-state index contributed by atoms with van der Waals surface area (Å²) in [6.45, 7) is 1.30. The molecule has 0 bridgehead atoms. The summed E-state index contributed by atoms with van der Waals surface area (Å²) in [6.07, 6.45) is 4.48. The van der Waals surface area contributed by atoms with E-state index in [4.69, 9.17) is 14.5 Å². The fourth-order valence-electron chi connectivity index (χ4n) is 3.43. The lowest BCUT2D eigenvalue weighted by atomic mass is 10.1. The number of rotatable bonds is 7. The van der Waals surface area contributed by atoms with Crippen LogP contribution in [0.15, 0.2) is 47.4 Å². The van der Waals surface area contributed by atoms with E-state index in [1.54, 1.807) is 23.8 Å². The van der Waals surface area contributed by atoms with Crippen LogP contribution in [0.1, 0.15) is 18.4 Å². The van der Waals surface area contributed by atoms with Gasteiger partial charge in [-0.05, 0) is 55.0 Å². The molecule has 0 spiro atoms. The lowest BCUT2D eigenvalue weighted by Crippen LogP contribution is -2.38. The average Bonchev–Trinajstić information content (AvgIpc) is 3.41. The predicted octanol–water partition coefficient (Wildman–Crippen LogP) is 4.78. The first-order chi connectivity index (χ1) is 14.2. The van der Waals surface area contributed by atoms with Crippen molar-refractivity contribution in [1.29, 1.82) is 0 Å². The summed E-state index contributed by atoms with van der Waals surface area (Å²) in [4.78, 5) is 21.0. The van der Waals surface area contributed by atoms with E-state index in [-0.39, 0.29) is 12.0 Å². The number of hydrogen-bond donors (Lipinski definition) is 0. The Bertz CT molecular complexity index is 981. The molecule has 1 aromatic heterocycles. The van der Waals surface area contributed by atoms with Crippen LogP contribution in [0.5, 0.6) is 5.75 Å². The zero-order valence-corrected chi connectivity index (χ0v) is 18.2. The summed E-state index contributed by atoms with van der Waals surface area (Å²) in [5, 5.41) is 0.717. The number of anilines is 1. The maximum absolute atomic E-state index is 13.3. The molecular formula is C22H24N2O3S2. The third-order valence-electron chi connectivity index (χ3n) is 5.04. The Morgan fingerprint density at radius 3 is 2.83 bits per heavy atom. The number of hydrogen-bond acceptors (Lipinski definition) is 6. The summed E-state index contributed by atoms with van der Waals surface area (Å²) < 4.78 is 12.1. The first-order valence-electron chi connectivity index (χ1n) is 9.66. The van der Waals surface area contributed by atoms with Crippen molar-refractivity contribution < 1.29 is 14.3 Å². The Kier molecular flexibility index (Phi) is 6.37. The highest BCUT2D eigenvalue weighted by molar-refractivity contribution is 7.98. The van der Waals surface area contributed by atoms with Crippen molar-refractivity contribution in [2.45, 2.75) is 30.3 Å². The Hall–Kier alpha value is -2.09. The minimum absolute atomic E-state index is 0.0448. The molecule has 0 radical (unpaired) electrons. The number of nitrogens with zero attached hydrogens (tertiary/aromatic N) is 2. The lowest BCUT2D eigenvalue weighted by molar-refractivity contribution is -0.118. The number of thioether (sulfide) groups is 1. The second-order valence-corrected chi connectivity index (χ2v) is 8.88. The molecule has 1 saturated heterocycles. The van der Waals surface area contributed by atoms with Gasteiger partial charge in [-0.3, -0.25) is 9.69 Å². The Labute approximate surface area is 179 Å². The highest BCUT2D eigenvalue weighted by atomic mass is 32.2. The van der Waals surface area contributed by atoms with Gasteiger partial charge in [0.1, 0.15) is 5.75 Å². The highest BCUT2D eigenvalue weighted by Gasteiger charge is 2.26. The number of methoxy groups -OCH3 is 1. The molecular weight excluding hydrogens is 404 g/mol. The van der Waals surface area contributed by atoms with Gasteiger partial charge >= 0.3 is 0 Å². The van der Waals surface area contributed by atoms with Gasteiger partial charge in [0, 0.05) is 11.5 Å². The number of aromatic nitrogens is 1. The zero-order chi connectivity index (χ0) is 20.2. The van der Waals surface area contributed by atoms with Crippen LogP contribution < -0.4 is 9.64 Å². The Morgan fingerprint density at radius 2 is 2.14 bits per heavy atom. The summed E-state index contributed by atoms with van der Waals surface area (Å²) in [6, 6.07) is 14.0. The molecule has 1 atom stereocenters. The molecule has 4 rings (SSSR count). The summed E-state index contributed by atoms with van der Waals surface area (Å²) in [7, 11) is 1.65. The molecule has 2 heterocycles. The monoisotopic (exact) mass is 428 g/mol. The molecule has 29 heavy (non-hydrogen) atoms. The van der Waals surface area contributed by atoms with Crippen LogP contribution in [-0.2, 0) is 16.0 Å². The number of carbonyl (C=O) groups is 1. The Morgan fingerprint density at radius 1 is 1.31 bits per heavy atom. The van der Waals surface area contributed by atoms with Gasteiger partial charge < -0.3 is 9.47 Å². The molecule has 0 saturated carbocycles. The van der Waals surface area contributed by atoms with Gasteiger partial charge in [-0.1, -0.05) is 23.5 Å².